The van der Waals surface area contributed by atoms with Crippen LogP contribution in [0, 0.1) is 0 Å². The molecule has 3 rings (SSSR count). The number of fused-ring (bicyclic) bond motifs is 1. The van der Waals surface area contributed by atoms with Gasteiger partial charge < -0.3 is 10.1 Å². The van der Waals surface area contributed by atoms with Crippen LogP contribution in [0.25, 0.3) is 0 Å². The van der Waals surface area contributed by atoms with Crippen molar-refractivity contribution < 1.29 is 9.53 Å². The summed E-state index contributed by atoms with van der Waals surface area (Å²) in [7, 11) is 0. The molecule has 136 valence electrons. The largest absolute Gasteiger partial charge is 0.444 e. The Hall–Kier alpha value is -1.56. The van der Waals surface area contributed by atoms with Crippen molar-refractivity contribution >= 4 is 33.5 Å². The highest BCUT2D eigenvalue weighted by Gasteiger charge is 2.39. The van der Waals surface area contributed by atoms with Crippen molar-refractivity contribution in [3.05, 3.63) is 28.2 Å². The minimum atomic E-state index is -0.497. The number of likely N-dealkylation sites (tertiary alicyclic amines) is 1. The number of aliphatic imine (C=N–C) groups is 1. The van der Waals surface area contributed by atoms with Crippen LogP contribution in [0.2, 0.25) is 0 Å². The topological polar surface area (TPSA) is 53.9 Å². The Kier molecular flexibility index (Phi) is 4.60. The fraction of sp³-hybridized carbons (Fsp3) is 0.579. The molecule has 0 aromatic heterocycles. The predicted octanol–water partition coefficient (Wildman–Crippen LogP) is 4.72. The van der Waals surface area contributed by atoms with E-state index >= 15 is 0 Å². The average Bonchev–Trinajstić information content (AvgIpc) is 2.93. The van der Waals surface area contributed by atoms with E-state index in [0.717, 1.165) is 34.4 Å². The number of nitrogens with one attached hydrogen (secondary N) is 1. The smallest absolute Gasteiger partial charge is 0.410 e. The van der Waals surface area contributed by atoms with Gasteiger partial charge in [-0.15, -0.1) is 0 Å². The van der Waals surface area contributed by atoms with Crippen LogP contribution in [0.5, 0.6) is 0 Å². The van der Waals surface area contributed by atoms with Crippen molar-refractivity contribution in [2.75, 3.05) is 6.54 Å². The molecule has 25 heavy (non-hydrogen) atoms. The maximum Gasteiger partial charge on any atom is 0.410 e. The molecule has 2 aliphatic heterocycles. The van der Waals surface area contributed by atoms with Gasteiger partial charge in [-0.2, -0.15) is 0 Å². The average molecular weight is 408 g/mol. The lowest BCUT2D eigenvalue weighted by atomic mass is 9.90. The summed E-state index contributed by atoms with van der Waals surface area (Å²) < 4.78 is 6.58. The molecule has 2 aliphatic rings. The maximum atomic E-state index is 12.6. The first kappa shape index (κ1) is 18.2. The summed E-state index contributed by atoms with van der Waals surface area (Å²) in [5.41, 5.74) is 1.36. The molecule has 0 unspecified atom stereocenters. The van der Waals surface area contributed by atoms with Gasteiger partial charge in [0, 0.05) is 16.6 Å². The zero-order valence-electron chi connectivity index (χ0n) is 15.5. The number of halogens is 1. The van der Waals surface area contributed by atoms with Crippen LogP contribution in [-0.2, 0) is 10.3 Å². The van der Waals surface area contributed by atoms with E-state index in [-0.39, 0.29) is 17.7 Å². The van der Waals surface area contributed by atoms with E-state index in [1.54, 1.807) is 4.90 Å². The monoisotopic (exact) mass is 407 g/mol. The molecule has 1 N–H and O–H groups in total. The number of ether oxygens (including phenoxy) is 1. The lowest BCUT2D eigenvalue weighted by molar-refractivity contribution is 0.0263. The summed E-state index contributed by atoms with van der Waals surface area (Å²) in [6.07, 6.45) is 1.58. The van der Waals surface area contributed by atoms with Crippen LogP contribution in [-0.4, -0.2) is 35.0 Å². The minimum Gasteiger partial charge on any atom is -0.444 e. The summed E-state index contributed by atoms with van der Waals surface area (Å²) in [6, 6.07) is 6.09. The molecule has 6 heteroatoms. The first-order valence-electron chi connectivity index (χ1n) is 8.73. The third-order valence-corrected chi connectivity index (χ3v) is 5.00. The molecule has 0 spiro atoms. The zero-order chi connectivity index (χ0) is 18.4. The minimum absolute atomic E-state index is 0.0683. The predicted molar refractivity (Wildman–Crippen MR) is 103 cm³/mol. The molecular weight excluding hydrogens is 382 g/mol. The highest BCUT2D eigenvalue weighted by molar-refractivity contribution is 9.10. The van der Waals surface area contributed by atoms with Crippen LogP contribution in [0.3, 0.4) is 0 Å². The molecular formula is C19H26BrN3O2. The fourth-order valence-electron chi connectivity index (χ4n) is 3.42. The van der Waals surface area contributed by atoms with Crippen molar-refractivity contribution in [2.24, 2.45) is 4.99 Å². The Morgan fingerprint density at radius 1 is 1.40 bits per heavy atom. The van der Waals surface area contributed by atoms with E-state index in [1.807, 2.05) is 32.9 Å². The molecule has 5 nitrogen and oxygen atoms in total. The number of amides is 1. The Morgan fingerprint density at radius 2 is 2.12 bits per heavy atom. The molecule has 1 atom stereocenters. The normalized spacial score (nSPS) is 22.1. The zero-order valence-corrected chi connectivity index (χ0v) is 17.1. The van der Waals surface area contributed by atoms with Gasteiger partial charge in [-0.1, -0.05) is 22.0 Å². The number of hydrogen-bond donors (Lipinski definition) is 1. The third kappa shape index (κ3) is 3.84. The Labute approximate surface area is 158 Å². The van der Waals surface area contributed by atoms with Gasteiger partial charge in [-0.05, 0) is 59.6 Å². The van der Waals surface area contributed by atoms with Gasteiger partial charge in [0.2, 0.25) is 0 Å². The number of carbonyl (C=O) groups is 1. The maximum absolute atomic E-state index is 12.6. The Balaban J connectivity index is 1.91. The van der Waals surface area contributed by atoms with Crippen LogP contribution >= 0.6 is 15.9 Å². The third-order valence-electron chi connectivity index (χ3n) is 4.51. The highest BCUT2D eigenvalue weighted by Crippen LogP contribution is 2.37. The fourth-order valence-corrected chi connectivity index (χ4v) is 3.77. The first-order chi connectivity index (χ1) is 11.6. The standard InChI is InChI=1S/C19H26BrN3O2/c1-18(2,3)25-17(24)23-10-6-7-15(23)16-21-14-11-12(20)8-9-13(14)19(4,5)22-16/h8-9,11,15H,6-7,10H2,1-5H3,(H,21,22)/t15-/m0/s1. The quantitative estimate of drug-likeness (QED) is 0.732. The number of carbonyl (C=O) groups excluding carboxylic acids is 1. The van der Waals surface area contributed by atoms with Crippen LogP contribution in [0.1, 0.15) is 53.0 Å². The summed E-state index contributed by atoms with van der Waals surface area (Å²) >= 11 is 3.53. The second kappa shape index (κ2) is 6.31. The van der Waals surface area contributed by atoms with E-state index in [4.69, 9.17) is 9.73 Å². The summed E-state index contributed by atoms with van der Waals surface area (Å²) in [6.45, 7) is 10.7. The number of amidine groups is 1. The van der Waals surface area contributed by atoms with E-state index in [9.17, 15) is 4.79 Å². The first-order valence-corrected chi connectivity index (χ1v) is 9.52. The van der Waals surface area contributed by atoms with Crippen molar-refractivity contribution in [1.82, 2.24) is 10.2 Å². The second-order valence-electron chi connectivity index (χ2n) is 8.24. The van der Waals surface area contributed by atoms with Gasteiger partial charge in [0.05, 0.1) is 17.3 Å². The number of nitrogens with zero attached hydrogens (tertiary/aromatic N) is 2. The van der Waals surface area contributed by atoms with E-state index < -0.39 is 5.60 Å². The van der Waals surface area contributed by atoms with Gasteiger partial charge in [0.25, 0.3) is 0 Å². The molecule has 0 saturated carbocycles. The molecule has 1 amide bonds. The Morgan fingerprint density at radius 3 is 2.80 bits per heavy atom. The van der Waals surface area contributed by atoms with Gasteiger partial charge in [-0.3, -0.25) is 4.90 Å². The molecule has 0 bridgehead atoms. The number of rotatable bonds is 1. The van der Waals surface area contributed by atoms with Crippen LogP contribution in [0.4, 0.5) is 10.5 Å². The molecule has 0 radical (unpaired) electrons. The van der Waals surface area contributed by atoms with E-state index in [0.29, 0.717) is 6.54 Å². The molecule has 2 heterocycles. The van der Waals surface area contributed by atoms with Crippen molar-refractivity contribution in [2.45, 2.75) is 64.6 Å². The van der Waals surface area contributed by atoms with Gasteiger partial charge >= 0.3 is 6.09 Å². The van der Waals surface area contributed by atoms with Crippen LogP contribution in [0.15, 0.2) is 27.7 Å². The highest BCUT2D eigenvalue weighted by atomic mass is 79.9. The molecule has 0 aliphatic carbocycles. The second-order valence-corrected chi connectivity index (χ2v) is 9.16. The molecule has 1 saturated heterocycles. The lowest BCUT2D eigenvalue weighted by Crippen LogP contribution is -2.53. The summed E-state index contributed by atoms with van der Waals surface area (Å²) in [5, 5.41) is 3.54. The Bertz CT molecular complexity index is 722. The van der Waals surface area contributed by atoms with E-state index in [1.165, 1.54) is 0 Å². The molecule has 1 fully saturated rings. The van der Waals surface area contributed by atoms with Gasteiger partial charge in [0.1, 0.15) is 11.4 Å². The molecule has 1 aromatic carbocycles. The van der Waals surface area contributed by atoms with E-state index in [2.05, 4.69) is 41.2 Å². The van der Waals surface area contributed by atoms with Crippen LogP contribution < -0.4 is 5.32 Å². The van der Waals surface area contributed by atoms with Gasteiger partial charge in [-0.25, -0.2) is 9.79 Å². The van der Waals surface area contributed by atoms with Gasteiger partial charge in [0.15, 0.2) is 0 Å². The number of hydrogen-bond acceptors (Lipinski definition) is 4. The van der Waals surface area contributed by atoms with Crippen molar-refractivity contribution in [3.63, 3.8) is 0 Å². The van der Waals surface area contributed by atoms with Crippen molar-refractivity contribution in [3.8, 4) is 0 Å². The summed E-state index contributed by atoms with van der Waals surface area (Å²) in [4.78, 5) is 19.2. The van der Waals surface area contributed by atoms with Crippen molar-refractivity contribution in [1.29, 1.82) is 0 Å². The SMILES string of the molecule is CC(C)(C)OC(=O)N1CCC[C@H]1C1=Nc2cc(Br)ccc2C(C)(C)N1. The summed E-state index contributed by atoms with van der Waals surface area (Å²) in [5.74, 6) is 0.846. The molecule has 1 aromatic rings. The lowest BCUT2D eigenvalue weighted by Gasteiger charge is -2.38. The number of benzene rings is 1.